The van der Waals surface area contributed by atoms with E-state index in [9.17, 15) is 9.59 Å². The molecule has 24 heavy (non-hydrogen) atoms. The maximum absolute atomic E-state index is 12.2. The average molecular weight is 332 g/mol. The molecule has 1 unspecified atom stereocenters. The molecule has 6 heteroatoms. The van der Waals surface area contributed by atoms with Gasteiger partial charge in [-0.25, -0.2) is 4.99 Å². The van der Waals surface area contributed by atoms with Crippen molar-refractivity contribution in [1.82, 2.24) is 5.32 Å². The molecular weight excluding hydrogens is 308 g/mol. The molecule has 1 aliphatic heterocycles. The molecule has 6 nitrogen and oxygen atoms in total. The maximum atomic E-state index is 12.2. The third-order valence-corrected chi connectivity index (χ3v) is 3.88. The lowest BCUT2D eigenvalue weighted by Crippen LogP contribution is -2.30. The summed E-state index contributed by atoms with van der Waals surface area (Å²) in [5.41, 5.74) is 1.14. The van der Waals surface area contributed by atoms with Crippen LogP contribution in [-0.2, 0) is 19.1 Å². The number of methoxy groups -OCH3 is 2. The number of nitrogens with one attached hydrogen (secondary N) is 1. The van der Waals surface area contributed by atoms with Gasteiger partial charge in [-0.15, -0.1) is 0 Å². The zero-order valence-corrected chi connectivity index (χ0v) is 14.6. The molecule has 0 aromatic rings. The fourth-order valence-electron chi connectivity index (χ4n) is 2.71. The van der Waals surface area contributed by atoms with Crippen molar-refractivity contribution in [2.45, 2.75) is 26.7 Å². The summed E-state index contributed by atoms with van der Waals surface area (Å²) in [4.78, 5) is 28.1. The van der Waals surface area contributed by atoms with E-state index in [1.54, 1.807) is 20.3 Å². The Bertz CT molecular complexity index is 641. The first-order chi connectivity index (χ1) is 11.5. The highest BCUT2D eigenvalue weighted by Gasteiger charge is 2.32. The molecule has 2 rings (SSSR count). The summed E-state index contributed by atoms with van der Waals surface area (Å²) in [6.45, 7) is 4.40. The van der Waals surface area contributed by atoms with Gasteiger partial charge in [0, 0.05) is 18.5 Å². The van der Waals surface area contributed by atoms with Crippen LogP contribution in [0.2, 0.25) is 0 Å². The van der Waals surface area contributed by atoms with E-state index in [1.807, 2.05) is 26.0 Å². The minimum absolute atomic E-state index is 0.00204. The number of nitrogens with zero attached hydrogens (tertiary/aromatic N) is 1. The lowest BCUT2D eigenvalue weighted by molar-refractivity contribution is -0.122. The minimum atomic E-state index is -0.292. The van der Waals surface area contributed by atoms with Crippen LogP contribution in [0.5, 0.6) is 0 Å². The summed E-state index contributed by atoms with van der Waals surface area (Å²) >= 11 is 0. The molecule has 0 spiro atoms. The minimum Gasteiger partial charge on any atom is -0.500 e. The van der Waals surface area contributed by atoms with E-state index >= 15 is 0 Å². The third kappa shape index (κ3) is 4.13. The quantitative estimate of drug-likeness (QED) is 0.775. The predicted octanol–water partition coefficient (Wildman–Crippen LogP) is 2.14. The molecule has 0 fully saturated rings. The summed E-state index contributed by atoms with van der Waals surface area (Å²) in [5.74, 6) is 1.06. The predicted molar refractivity (Wildman–Crippen MR) is 91.3 cm³/mol. The first kappa shape index (κ1) is 18.0. The van der Waals surface area contributed by atoms with Crippen LogP contribution in [0.15, 0.2) is 40.3 Å². The van der Waals surface area contributed by atoms with E-state index in [-0.39, 0.29) is 17.7 Å². The van der Waals surface area contributed by atoms with Gasteiger partial charge in [-0.1, -0.05) is 19.9 Å². The number of hydrogen-bond acceptors (Lipinski definition) is 4. The van der Waals surface area contributed by atoms with E-state index in [0.29, 0.717) is 48.1 Å². The molecular formula is C18H24N2O4. The molecule has 2 aliphatic rings. The van der Waals surface area contributed by atoms with Crippen molar-refractivity contribution in [1.29, 1.82) is 0 Å². The van der Waals surface area contributed by atoms with Gasteiger partial charge in [0.05, 0.1) is 20.1 Å². The Kier molecular flexibility index (Phi) is 5.95. The molecule has 1 aliphatic carbocycles. The van der Waals surface area contributed by atoms with Crippen molar-refractivity contribution < 1.29 is 19.1 Å². The Labute approximate surface area is 142 Å². The normalized spacial score (nSPS) is 19.7. The van der Waals surface area contributed by atoms with E-state index in [1.165, 1.54) is 0 Å². The van der Waals surface area contributed by atoms with Gasteiger partial charge in [0.1, 0.15) is 17.2 Å². The van der Waals surface area contributed by atoms with Crippen LogP contribution < -0.4 is 5.32 Å². The summed E-state index contributed by atoms with van der Waals surface area (Å²) in [6.07, 6.45) is 6.33. The highest BCUT2D eigenvalue weighted by atomic mass is 16.5. The Morgan fingerprint density at radius 1 is 1.29 bits per heavy atom. The largest absolute Gasteiger partial charge is 0.500 e. The molecule has 1 atom stereocenters. The highest BCUT2D eigenvalue weighted by molar-refractivity contribution is 6.15. The second kappa shape index (κ2) is 7.95. The highest BCUT2D eigenvalue weighted by Crippen LogP contribution is 2.30. The van der Waals surface area contributed by atoms with Gasteiger partial charge in [0.15, 0.2) is 0 Å². The Morgan fingerprint density at radius 3 is 2.67 bits per heavy atom. The number of hydrogen-bond donors (Lipinski definition) is 1. The zero-order chi connectivity index (χ0) is 17.7. The number of amides is 2. The molecule has 0 aromatic heterocycles. The summed E-state index contributed by atoms with van der Waals surface area (Å²) < 4.78 is 10.7. The van der Waals surface area contributed by atoms with Crippen LogP contribution in [0.3, 0.4) is 0 Å². The first-order valence-corrected chi connectivity index (χ1v) is 8.06. The van der Waals surface area contributed by atoms with E-state index in [2.05, 4.69) is 10.3 Å². The van der Waals surface area contributed by atoms with Crippen molar-refractivity contribution in [2.24, 2.45) is 16.8 Å². The summed E-state index contributed by atoms with van der Waals surface area (Å²) in [6, 6.07) is 0. The number of rotatable bonds is 7. The number of ether oxygens (including phenoxy) is 2. The van der Waals surface area contributed by atoms with Crippen molar-refractivity contribution >= 4 is 17.5 Å². The lowest BCUT2D eigenvalue weighted by atomic mass is 9.89. The summed E-state index contributed by atoms with van der Waals surface area (Å²) in [5, 5.41) is 2.84. The number of carbonyl (C=O) groups excluding carboxylic acids is 2. The second-order valence-electron chi connectivity index (χ2n) is 6.18. The number of dihydropyridines is 1. The number of fused-ring (bicyclic) bond motifs is 1. The van der Waals surface area contributed by atoms with Crippen LogP contribution in [0.25, 0.3) is 0 Å². The molecule has 1 N–H and O–H groups in total. The molecule has 0 radical (unpaired) electrons. The Hall–Kier alpha value is -2.37. The monoisotopic (exact) mass is 332 g/mol. The van der Waals surface area contributed by atoms with Gasteiger partial charge >= 0.3 is 0 Å². The smallest absolute Gasteiger partial charge is 0.273 e. The molecule has 2 amide bonds. The molecule has 0 aromatic carbocycles. The summed E-state index contributed by atoms with van der Waals surface area (Å²) in [7, 11) is 3.14. The van der Waals surface area contributed by atoms with E-state index in [0.717, 1.165) is 0 Å². The van der Waals surface area contributed by atoms with E-state index < -0.39 is 0 Å². The Morgan fingerprint density at radius 2 is 2.04 bits per heavy atom. The van der Waals surface area contributed by atoms with Crippen molar-refractivity contribution in [2.75, 3.05) is 20.8 Å². The molecule has 0 saturated heterocycles. The van der Waals surface area contributed by atoms with Crippen molar-refractivity contribution in [3.8, 4) is 0 Å². The lowest BCUT2D eigenvalue weighted by Gasteiger charge is -2.26. The Balaban J connectivity index is 2.05. The average Bonchev–Trinajstić information content (AvgIpc) is 2.53. The van der Waals surface area contributed by atoms with Gasteiger partial charge in [0.25, 0.3) is 5.91 Å². The van der Waals surface area contributed by atoms with Gasteiger partial charge < -0.3 is 14.8 Å². The third-order valence-electron chi connectivity index (χ3n) is 3.88. The van der Waals surface area contributed by atoms with Crippen molar-refractivity contribution in [3.63, 3.8) is 0 Å². The molecule has 0 bridgehead atoms. The molecule has 1 heterocycles. The van der Waals surface area contributed by atoms with E-state index in [4.69, 9.17) is 9.47 Å². The number of aliphatic imine (C=N–C) groups is 1. The zero-order valence-electron chi connectivity index (χ0n) is 14.6. The fraction of sp³-hybridized carbons (Fsp3) is 0.500. The fourth-order valence-corrected chi connectivity index (χ4v) is 2.71. The van der Waals surface area contributed by atoms with Gasteiger partial charge in [-0.2, -0.15) is 0 Å². The van der Waals surface area contributed by atoms with Crippen LogP contribution in [0.1, 0.15) is 26.7 Å². The SMILES string of the molecule is COC1=CC=C(OC)C2C=C(CCNC(=O)CC(C)C)C(=O)N=C12. The van der Waals surface area contributed by atoms with Gasteiger partial charge in [0.2, 0.25) is 5.91 Å². The van der Waals surface area contributed by atoms with Crippen LogP contribution in [-0.4, -0.2) is 38.3 Å². The van der Waals surface area contributed by atoms with Gasteiger partial charge in [-0.3, -0.25) is 9.59 Å². The van der Waals surface area contributed by atoms with Crippen LogP contribution in [0.4, 0.5) is 0 Å². The molecule has 130 valence electrons. The number of allylic oxidation sites excluding steroid dienone is 4. The second-order valence-corrected chi connectivity index (χ2v) is 6.18. The van der Waals surface area contributed by atoms with Crippen LogP contribution >= 0.6 is 0 Å². The number of carbonyl (C=O) groups is 2. The van der Waals surface area contributed by atoms with Crippen molar-refractivity contribution in [3.05, 3.63) is 35.3 Å². The topological polar surface area (TPSA) is 77.0 Å². The first-order valence-electron chi connectivity index (χ1n) is 8.06. The van der Waals surface area contributed by atoms with Crippen LogP contribution in [0, 0.1) is 11.8 Å². The standard InChI is InChI=1S/C18H24N2O4/c1-11(2)9-16(21)19-8-7-12-10-13-14(23-3)5-6-15(24-4)17(13)20-18(12)22/h5-6,10-11,13H,7-9H2,1-4H3,(H,19,21). The van der Waals surface area contributed by atoms with Gasteiger partial charge in [-0.05, 0) is 24.5 Å². The molecule has 0 saturated carbocycles. The maximum Gasteiger partial charge on any atom is 0.273 e.